The maximum atomic E-state index is 10.9. The Labute approximate surface area is 92.0 Å². The summed E-state index contributed by atoms with van der Waals surface area (Å²) in [5.41, 5.74) is 0. The average Bonchev–Trinajstić information content (AvgIpc) is 2.14. The minimum atomic E-state index is -0.784. The Morgan fingerprint density at radius 1 is 1.33 bits per heavy atom. The average molecular weight is 217 g/mol. The van der Waals surface area contributed by atoms with E-state index in [4.69, 9.17) is 5.11 Å². The van der Waals surface area contributed by atoms with Crippen molar-refractivity contribution in [2.75, 3.05) is 47.3 Å². The second kappa shape index (κ2) is 7.62. The van der Waals surface area contributed by atoms with Crippen LogP contribution in [0.15, 0.2) is 0 Å². The van der Waals surface area contributed by atoms with Crippen LogP contribution in [-0.2, 0) is 4.79 Å². The third-order valence-electron chi connectivity index (χ3n) is 2.17. The van der Waals surface area contributed by atoms with Crippen molar-refractivity contribution in [1.29, 1.82) is 0 Å². The van der Waals surface area contributed by atoms with E-state index in [0.29, 0.717) is 13.1 Å². The highest BCUT2D eigenvalue weighted by molar-refractivity contribution is 5.73. The molecule has 0 aliphatic rings. The molecule has 5 heteroatoms. The van der Waals surface area contributed by atoms with Gasteiger partial charge in [-0.05, 0) is 27.7 Å². The van der Waals surface area contributed by atoms with E-state index in [1.807, 2.05) is 33.0 Å². The van der Waals surface area contributed by atoms with Gasteiger partial charge in [0, 0.05) is 19.6 Å². The van der Waals surface area contributed by atoms with Crippen molar-refractivity contribution in [3.8, 4) is 0 Å². The number of carbonyl (C=O) groups is 1. The van der Waals surface area contributed by atoms with Gasteiger partial charge in [0.25, 0.3) is 0 Å². The lowest BCUT2D eigenvalue weighted by molar-refractivity contribution is -0.139. The quantitative estimate of drug-likeness (QED) is 0.576. The summed E-state index contributed by atoms with van der Waals surface area (Å²) in [6.45, 7) is 4.95. The fourth-order valence-electron chi connectivity index (χ4n) is 1.25. The Morgan fingerprint density at radius 2 is 1.93 bits per heavy atom. The first kappa shape index (κ1) is 14.3. The molecule has 0 fully saturated rings. The Bertz CT molecular complexity index is 186. The maximum Gasteiger partial charge on any atom is 0.322 e. The summed E-state index contributed by atoms with van der Waals surface area (Å²) in [4.78, 5) is 15.0. The summed E-state index contributed by atoms with van der Waals surface area (Å²) in [6.07, 6.45) is 0. The molecule has 0 aliphatic carbocycles. The highest BCUT2D eigenvalue weighted by Gasteiger charge is 2.17. The molecule has 0 spiro atoms. The fraction of sp³-hybridized carbons (Fsp3) is 0.900. The molecular formula is C10H23N3O2. The molecule has 0 aromatic carbocycles. The zero-order valence-electron chi connectivity index (χ0n) is 10.2. The number of hydrogen-bond donors (Lipinski definition) is 2. The van der Waals surface area contributed by atoms with E-state index in [-0.39, 0.29) is 0 Å². The normalized spacial score (nSPS) is 13.5. The second-order valence-corrected chi connectivity index (χ2v) is 4.01. The van der Waals surface area contributed by atoms with Crippen molar-refractivity contribution in [3.63, 3.8) is 0 Å². The summed E-state index contributed by atoms with van der Waals surface area (Å²) in [7, 11) is 5.95. The highest BCUT2D eigenvalue weighted by atomic mass is 16.4. The lowest BCUT2D eigenvalue weighted by atomic mass is 10.2. The van der Waals surface area contributed by atoms with E-state index >= 15 is 0 Å². The molecule has 0 rings (SSSR count). The van der Waals surface area contributed by atoms with E-state index in [0.717, 1.165) is 13.1 Å². The molecule has 1 unspecified atom stereocenters. The van der Waals surface area contributed by atoms with Gasteiger partial charge >= 0.3 is 5.97 Å². The van der Waals surface area contributed by atoms with Crippen molar-refractivity contribution < 1.29 is 9.90 Å². The first-order valence-electron chi connectivity index (χ1n) is 5.26. The SMILES string of the molecule is CCNC(CN(C)CCN(C)C)C(=O)O. The summed E-state index contributed by atoms with van der Waals surface area (Å²) >= 11 is 0. The number of aliphatic carboxylic acids is 1. The summed E-state index contributed by atoms with van der Waals surface area (Å²) in [5, 5.41) is 11.9. The second-order valence-electron chi connectivity index (χ2n) is 4.01. The molecule has 0 aliphatic heterocycles. The van der Waals surface area contributed by atoms with Crippen LogP contribution in [0.2, 0.25) is 0 Å². The number of nitrogens with one attached hydrogen (secondary N) is 1. The van der Waals surface area contributed by atoms with E-state index in [1.54, 1.807) is 0 Å². The lowest BCUT2D eigenvalue weighted by Crippen LogP contribution is -2.46. The smallest absolute Gasteiger partial charge is 0.322 e. The van der Waals surface area contributed by atoms with Gasteiger partial charge < -0.3 is 20.2 Å². The van der Waals surface area contributed by atoms with Crippen molar-refractivity contribution in [2.24, 2.45) is 0 Å². The Balaban J connectivity index is 3.88. The molecule has 0 saturated heterocycles. The van der Waals surface area contributed by atoms with Crippen LogP contribution in [0, 0.1) is 0 Å². The van der Waals surface area contributed by atoms with Gasteiger partial charge in [-0.15, -0.1) is 0 Å². The van der Waals surface area contributed by atoms with E-state index in [2.05, 4.69) is 10.2 Å². The number of carboxylic acid groups (broad SMARTS) is 1. The van der Waals surface area contributed by atoms with Gasteiger partial charge in [-0.1, -0.05) is 6.92 Å². The first-order valence-corrected chi connectivity index (χ1v) is 5.26. The zero-order valence-corrected chi connectivity index (χ0v) is 10.2. The maximum absolute atomic E-state index is 10.9. The molecule has 15 heavy (non-hydrogen) atoms. The van der Waals surface area contributed by atoms with Crippen molar-refractivity contribution >= 4 is 5.97 Å². The monoisotopic (exact) mass is 217 g/mol. The van der Waals surface area contributed by atoms with Crippen LogP contribution in [0.5, 0.6) is 0 Å². The van der Waals surface area contributed by atoms with Gasteiger partial charge in [0.15, 0.2) is 0 Å². The third-order valence-corrected chi connectivity index (χ3v) is 2.17. The van der Waals surface area contributed by atoms with E-state index in [1.165, 1.54) is 0 Å². The molecule has 1 atom stereocenters. The molecular weight excluding hydrogens is 194 g/mol. The van der Waals surface area contributed by atoms with Crippen molar-refractivity contribution in [1.82, 2.24) is 15.1 Å². The third kappa shape index (κ3) is 7.30. The molecule has 0 bridgehead atoms. The van der Waals surface area contributed by atoms with Crippen molar-refractivity contribution in [3.05, 3.63) is 0 Å². The number of hydrogen-bond acceptors (Lipinski definition) is 4. The predicted octanol–water partition coefficient (Wildman–Crippen LogP) is -0.457. The molecule has 0 aromatic heterocycles. The number of carboxylic acids is 1. The van der Waals surface area contributed by atoms with Gasteiger partial charge in [-0.2, -0.15) is 0 Å². The van der Waals surface area contributed by atoms with Crippen LogP contribution in [0.1, 0.15) is 6.92 Å². The van der Waals surface area contributed by atoms with Crippen LogP contribution in [-0.4, -0.2) is 74.2 Å². The van der Waals surface area contributed by atoms with E-state index < -0.39 is 12.0 Å². The number of nitrogens with zero attached hydrogens (tertiary/aromatic N) is 2. The molecule has 0 saturated carbocycles. The van der Waals surface area contributed by atoms with Crippen LogP contribution >= 0.6 is 0 Å². The fourth-order valence-corrected chi connectivity index (χ4v) is 1.25. The molecule has 5 nitrogen and oxygen atoms in total. The van der Waals surface area contributed by atoms with Gasteiger partial charge in [0.2, 0.25) is 0 Å². The predicted molar refractivity (Wildman–Crippen MR) is 61.2 cm³/mol. The summed E-state index contributed by atoms with van der Waals surface area (Å²) < 4.78 is 0. The standard InChI is InChI=1S/C10H23N3O2/c1-5-11-9(10(14)15)8-13(4)7-6-12(2)3/h9,11H,5-8H2,1-4H3,(H,14,15). The van der Waals surface area contributed by atoms with Crippen molar-refractivity contribution in [2.45, 2.75) is 13.0 Å². The van der Waals surface area contributed by atoms with Crippen LogP contribution < -0.4 is 5.32 Å². The Morgan fingerprint density at radius 3 is 2.33 bits per heavy atom. The van der Waals surface area contributed by atoms with Crippen LogP contribution in [0.25, 0.3) is 0 Å². The number of likely N-dealkylation sites (N-methyl/N-ethyl adjacent to an activating group) is 3. The molecule has 0 amide bonds. The Hall–Kier alpha value is -0.650. The number of rotatable bonds is 8. The minimum Gasteiger partial charge on any atom is -0.480 e. The van der Waals surface area contributed by atoms with Gasteiger partial charge in [0.1, 0.15) is 6.04 Å². The zero-order chi connectivity index (χ0) is 11.8. The molecule has 0 aromatic rings. The minimum absolute atomic E-state index is 0.470. The topological polar surface area (TPSA) is 55.8 Å². The summed E-state index contributed by atoms with van der Waals surface area (Å²) in [6, 6.07) is -0.470. The molecule has 0 heterocycles. The van der Waals surface area contributed by atoms with Gasteiger partial charge in [-0.3, -0.25) is 4.79 Å². The van der Waals surface area contributed by atoms with Gasteiger partial charge in [0.05, 0.1) is 0 Å². The molecule has 0 radical (unpaired) electrons. The lowest BCUT2D eigenvalue weighted by Gasteiger charge is -2.23. The highest BCUT2D eigenvalue weighted by Crippen LogP contribution is 1.91. The molecule has 2 N–H and O–H groups in total. The Kier molecular flexibility index (Phi) is 7.29. The largest absolute Gasteiger partial charge is 0.480 e. The first-order chi connectivity index (χ1) is 6.97. The van der Waals surface area contributed by atoms with Crippen LogP contribution in [0.3, 0.4) is 0 Å². The molecule has 90 valence electrons. The summed E-state index contributed by atoms with van der Waals surface area (Å²) in [5.74, 6) is -0.784. The van der Waals surface area contributed by atoms with Crippen LogP contribution in [0.4, 0.5) is 0 Å². The van der Waals surface area contributed by atoms with Gasteiger partial charge in [-0.25, -0.2) is 0 Å². The van der Waals surface area contributed by atoms with E-state index in [9.17, 15) is 4.79 Å².